The molecular formula is C9H17NO2. The minimum absolute atomic E-state index is 0.0298. The van der Waals surface area contributed by atoms with E-state index in [1.165, 1.54) is 12.8 Å². The van der Waals surface area contributed by atoms with E-state index >= 15 is 0 Å². The summed E-state index contributed by atoms with van der Waals surface area (Å²) < 4.78 is 0. The second-order valence-electron chi connectivity index (χ2n) is 3.02. The van der Waals surface area contributed by atoms with Crippen LogP contribution in [0.25, 0.3) is 0 Å². The number of hydrogen-bond acceptors (Lipinski definition) is 2. The molecule has 0 fully saturated rings. The Hall–Kier alpha value is -0.860. The molecule has 0 amide bonds. The summed E-state index contributed by atoms with van der Waals surface area (Å²) in [5.74, 6) is 0. The lowest BCUT2D eigenvalue weighted by Gasteiger charge is -1.97. The molecule has 0 unspecified atom stereocenters. The molecule has 12 heavy (non-hydrogen) atoms. The van der Waals surface area contributed by atoms with Crippen molar-refractivity contribution in [2.75, 3.05) is 6.54 Å². The monoisotopic (exact) mass is 171 g/mol. The summed E-state index contributed by atoms with van der Waals surface area (Å²) in [6, 6.07) is 0. The second-order valence-corrected chi connectivity index (χ2v) is 3.02. The lowest BCUT2D eigenvalue weighted by atomic mass is 10.1. The molecule has 0 radical (unpaired) electrons. The first-order valence-corrected chi connectivity index (χ1v) is 4.44. The standard InChI is InChI=1S/C9H17NO2/c1-3-4-5-6-9(2)7-8-10(11)12/h7H,3-6,8H2,1-2H3/b9-7+. The molecule has 0 bridgehead atoms. The van der Waals surface area contributed by atoms with Gasteiger partial charge in [0, 0.05) is 4.92 Å². The van der Waals surface area contributed by atoms with Crippen molar-refractivity contribution >= 4 is 0 Å². The Morgan fingerprint density at radius 3 is 2.67 bits per heavy atom. The van der Waals surface area contributed by atoms with E-state index in [0.29, 0.717) is 0 Å². The van der Waals surface area contributed by atoms with E-state index in [1.54, 1.807) is 6.08 Å². The van der Waals surface area contributed by atoms with E-state index < -0.39 is 0 Å². The molecule has 0 heterocycles. The highest BCUT2D eigenvalue weighted by Crippen LogP contribution is 2.07. The van der Waals surface area contributed by atoms with Gasteiger partial charge in [-0.1, -0.05) is 25.3 Å². The molecule has 0 aliphatic rings. The Bertz CT molecular complexity index is 164. The van der Waals surface area contributed by atoms with Crippen molar-refractivity contribution < 1.29 is 4.92 Å². The maximum atomic E-state index is 9.99. The summed E-state index contributed by atoms with van der Waals surface area (Å²) in [6.07, 6.45) is 6.26. The van der Waals surface area contributed by atoms with E-state index in [1.807, 2.05) is 6.92 Å². The third kappa shape index (κ3) is 7.25. The van der Waals surface area contributed by atoms with Gasteiger partial charge < -0.3 is 0 Å². The van der Waals surface area contributed by atoms with Gasteiger partial charge >= 0.3 is 0 Å². The highest BCUT2D eigenvalue weighted by atomic mass is 16.6. The first-order chi connectivity index (χ1) is 5.66. The Balaban J connectivity index is 3.49. The molecule has 0 aliphatic carbocycles. The third-order valence-corrected chi connectivity index (χ3v) is 1.76. The molecule has 0 saturated carbocycles. The fourth-order valence-corrected chi connectivity index (χ4v) is 0.986. The molecule has 0 spiro atoms. The first kappa shape index (κ1) is 11.1. The van der Waals surface area contributed by atoms with Gasteiger partial charge in [0.05, 0.1) is 0 Å². The molecule has 0 saturated heterocycles. The van der Waals surface area contributed by atoms with Gasteiger partial charge in [-0.15, -0.1) is 0 Å². The Morgan fingerprint density at radius 2 is 2.17 bits per heavy atom. The maximum absolute atomic E-state index is 9.99. The van der Waals surface area contributed by atoms with E-state index in [4.69, 9.17) is 0 Å². The smallest absolute Gasteiger partial charge is 0.222 e. The Labute approximate surface area is 73.6 Å². The van der Waals surface area contributed by atoms with Crippen molar-refractivity contribution in [2.45, 2.75) is 39.5 Å². The van der Waals surface area contributed by atoms with Gasteiger partial charge in [-0.3, -0.25) is 10.1 Å². The number of rotatable bonds is 6. The Morgan fingerprint density at radius 1 is 1.50 bits per heavy atom. The number of allylic oxidation sites excluding steroid dienone is 1. The predicted molar refractivity (Wildman–Crippen MR) is 49.8 cm³/mol. The minimum Gasteiger partial charge on any atom is -0.264 e. The fourth-order valence-electron chi connectivity index (χ4n) is 0.986. The normalized spacial score (nSPS) is 11.7. The van der Waals surface area contributed by atoms with Gasteiger partial charge in [-0.05, 0) is 25.8 Å². The number of hydrogen-bond donors (Lipinski definition) is 0. The van der Waals surface area contributed by atoms with Crippen LogP contribution < -0.4 is 0 Å². The van der Waals surface area contributed by atoms with Gasteiger partial charge in [-0.2, -0.15) is 0 Å². The van der Waals surface area contributed by atoms with Gasteiger partial charge in [0.15, 0.2) is 0 Å². The Kier molecular flexibility index (Phi) is 6.34. The zero-order chi connectivity index (χ0) is 9.40. The van der Waals surface area contributed by atoms with Crippen LogP contribution in [0.15, 0.2) is 11.6 Å². The molecule has 0 atom stereocenters. The van der Waals surface area contributed by atoms with Crippen molar-refractivity contribution in [1.82, 2.24) is 0 Å². The first-order valence-electron chi connectivity index (χ1n) is 4.44. The summed E-state index contributed by atoms with van der Waals surface area (Å²) in [7, 11) is 0. The van der Waals surface area contributed by atoms with Gasteiger partial charge in [-0.25, -0.2) is 0 Å². The summed E-state index contributed by atoms with van der Waals surface area (Å²) in [5, 5.41) is 9.99. The summed E-state index contributed by atoms with van der Waals surface area (Å²) in [4.78, 5) is 9.69. The molecule has 0 aromatic carbocycles. The van der Waals surface area contributed by atoms with Crippen molar-refractivity contribution in [1.29, 1.82) is 0 Å². The van der Waals surface area contributed by atoms with Crippen LogP contribution in [-0.2, 0) is 0 Å². The van der Waals surface area contributed by atoms with Crippen LogP contribution in [0.2, 0.25) is 0 Å². The largest absolute Gasteiger partial charge is 0.264 e. The van der Waals surface area contributed by atoms with Crippen LogP contribution in [-0.4, -0.2) is 11.5 Å². The fraction of sp³-hybridized carbons (Fsp3) is 0.778. The molecule has 3 nitrogen and oxygen atoms in total. The molecule has 70 valence electrons. The van der Waals surface area contributed by atoms with Crippen LogP contribution in [0, 0.1) is 10.1 Å². The molecule has 0 aromatic rings. The van der Waals surface area contributed by atoms with E-state index in [9.17, 15) is 10.1 Å². The SMILES string of the molecule is CCCCC/C(C)=C/C[N+](=O)[O-]. The van der Waals surface area contributed by atoms with Crippen molar-refractivity contribution in [2.24, 2.45) is 0 Å². The zero-order valence-electron chi connectivity index (χ0n) is 7.88. The lowest BCUT2D eigenvalue weighted by Crippen LogP contribution is -1.97. The van der Waals surface area contributed by atoms with Crippen LogP contribution in [0.1, 0.15) is 39.5 Å². The lowest BCUT2D eigenvalue weighted by molar-refractivity contribution is -0.468. The van der Waals surface area contributed by atoms with Gasteiger partial charge in [0.1, 0.15) is 0 Å². The van der Waals surface area contributed by atoms with E-state index in [0.717, 1.165) is 18.4 Å². The van der Waals surface area contributed by atoms with Crippen LogP contribution in [0.3, 0.4) is 0 Å². The summed E-state index contributed by atoms with van der Waals surface area (Å²) >= 11 is 0. The quantitative estimate of drug-likeness (QED) is 0.267. The number of nitrogens with zero attached hydrogens (tertiary/aromatic N) is 1. The number of nitro groups is 1. The van der Waals surface area contributed by atoms with Crippen molar-refractivity contribution in [3.05, 3.63) is 21.8 Å². The average Bonchev–Trinajstić information content (AvgIpc) is 2.01. The average molecular weight is 171 g/mol. The molecule has 3 heteroatoms. The number of unbranched alkanes of at least 4 members (excludes halogenated alkanes) is 2. The zero-order valence-corrected chi connectivity index (χ0v) is 7.88. The molecular weight excluding hydrogens is 154 g/mol. The van der Waals surface area contributed by atoms with Crippen LogP contribution in [0.4, 0.5) is 0 Å². The summed E-state index contributed by atoms with van der Waals surface area (Å²) in [6.45, 7) is 4.08. The van der Waals surface area contributed by atoms with Crippen molar-refractivity contribution in [3.8, 4) is 0 Å². The van der Waals surface area contributed by atoms with Crippen LogP contribution in [0.5, 0.6) is 0 Å². The minimum atomic E-state index is -0.302. The van der Waals surface area contributed by atoms with E-state index in [-0.39, 0.29) is 11.5 Å². The molecule has 0 aliphatic heterocycles. The maximum Gasteiger partial charge on any atom is 0.222 e. The summed E-state index contributed by atoms with van der Waals surface area (Å²) in [5.41, 5.74) is 1.14. The topological polar surface area (TPSA) is 43.1 Å². The van der Waals surface area contributed by atoms with Crippen LogP contribution >= 0.6 is 0 Å². The van der Waals surface area contributed by atoms with E-state index in [2.05, 4.69) is 6.92 Å². The third-order valence-electron chi connectivity index (χ3n) is 1.76. The molecule has 0 aromatic heterocycles. The second kappa shape index (κ2) is 6.83. The molecule has 0 N–H and O–H groups in total. The molecule has 0 rings (SSSR count). The highest BCUT2D eigenvalue weighted by Gasteiger charge is 1.94. The highest BCUT2D eigenvalue weighted by molar-refractivity contribution is 4.97. The predicted octanol–water partition coefficient (Wildman–Crippen LogP) is 2.79. The van der Waals surface area contributed by atoms with Gasteiger partial charge in [0.25, 0.3) is 0 Å². The van der Waals surface area contributed by atoms with Crippen molar-refractivity contribution in [3.63, 3.8) is 0 Å². The van der Waals surface area contributed by atoms with Gasteiger partial charge in [0.2, 0.25) is 6.54 Å².